The van der Waals surface area contributed by atoms with Crippen LogP contribution in [0.3, 0.4) is 0 Å². The molecule has 2 aromatic carbocycles. The van der Waals surface area contributed by atoms with Gasteiger partial charge in [0.15, 0.2) is 6.29 Å². The highest BCUT2D eigenvalue weighted by Crippen LogP contribution is 2.51. The molecular formula is C21H24N2O3. The molecule has 0 amide bonds. The zero-order valence-corrected chi connectivity index (χ0v) is 15.0. The second-order valence-electron chi connectivity index (χ2n) is 7.32. The number of piperazine rings is 1. The maximum Gasteiger partial charge on any atom is 0.172 e. The monoisotopic (exact) mass is 352 g/mol. The molecule has 0 bridgehead atoms. The molecule has 2 atom stereocenters. The molecule has 2 aromatic rings. The van der Waals surface area contributed by atoms with Crippen molar-refractivity contribution < 1.29 is 14.2 Å². The van der Waals surface area contributed by atoms with Crippen molar-refractivity contribution in [1.82, 2.24) is 9.80 Å². The zero-order valence-electron chi connectivity index (χ0n) is 15.0. The number of likely N-dealkylation sites (N-methyl/N-ethyl adjacent to an activating group) is 1. The summed E-state index contributed by atoms with van der Waals surface area (Å²) >= 11 is 0. The Morgan fingerprint density at radius 3 is 1.92 bits per heavy atom. The summed E-state index contributed by atoms with van der Waals surface area (Å²) in [6.07, 6.45) is -0.479. The van der Waals surface area contributed by atoms with Gasteiger partial charge in [-0.3, -0.25) is 4.90 Å². The maximum absolute atomic E-state index is 6.40. The van der Waals surface area contributed by atoms with Crippen LogP contribution in [0.15, 0.2) is 48.5 Å². The Morgan fingerprint density at radius 2 is 1.35 bits per heavy atom. The van der Waals surface area contributed by atoms with Gasteiger partial charge in [-0.1, -0.05) is 36.4 Å². The van der Waals surface area contributed by atoms with Crippen LogP contribution in [-0.2, 0) is 9.47 Å². The molecule has 2 fully saturated rings. The van der Waals surface area contributed by atoms with E-state index in [1.54, 1.807) is 0 Å². The fourth-order valence-corrected chi connectivity index (χ4v) is 4.04. The third-order valence-electron chi connectivity index (χ3n) is 5.55. The van der Waals surface area contributed by atoms with E-state index in [0.29, 0.717) is 0 Å². The van der Waals surface area contributed by atoms with Gasteiger partial charge in [-0.05, 0) is 19.2 Å². The average Bonchev–Trinajstić information content (AvgIpc) is 3.03. The van der Waals surface area contributed by atoms with Crippen molar-refractivity contribution in [3.05, 3.63) is 59.7 Å². The third-order valence-corrected chi connectivity index (χ3v) is 5.55. The van der Waals surface area contributed by atoms with Crippen molar-refractivity contribution in [2.45, 2.75) is 18.5 Å². The van der Waals surface area contributed by atoms with Crippen molar-refractivity contribution in [3.8, 4) is 11.5 Å². The predicted octanol–water partition coefficient (Wildman–Crippen LogP) is 3.20. The van der Waals surface area contributed by atoms with Crippen LogP contribution in [0.1, 0.15) is 23.3 Å². The van der Waals surface area contributed by atoms with Crippen molar-refractivity contribution in [3.63, 3.8) is 0 Å². The van der Waals surface area contributed by atoms with Gasteiger partial charge in [-0.2, -0.15) is 0 Å². The Kier molecular flexibility index (Phi) is 4.17. The largest absolute Gasteiger partial charge is 0.457 e. The van der Waals surface area contributed by atoms with Crippen LogP contribution in [-0.4, -0.2) is 55.9 Å². The Balaban J connectivity index is 1.43. The molecule has 3 heterocycles. The number of ether oxygens (including phenoxy) is 3. The van der Waals surface area contributed by atoms with Gasteiger partial charge in [0, 0.05) is 43.9 Å². The normalized spacial score (nSPS) is 28.6. The Bertz CT molecular complexity index is 735. The molecule has 0 aromatic heterocycles. The summed E-state index contributed by atoms with van der Waals surface area (Å²) in [6.45, 7) is 5.13. The average molecular weight is 352 g/mol. The van der Waals surface area contributed by atoms with Gasteiger partial charge in [-0.25, -0.2) is 0 Å². The summed E-state index contributed by atoms with van der Waals surface area (Å²) in [4.78, 5) is 4.80. The Labute approximate surface area is 154 Å². The molecule has 3 aliphatic heterocycles. The van der Waals surface area contributed by atoms with Gasteiger partial charge in [0.1, 0.15) is 23.7 Å². The van der Waals surface area contributed by atoms with Gasteiger partial charge >= 0.3 is 0 Å². The number of hydrogen-bond acceptors (Lipinski definition) is 5. The fraction of sp³-hybridized carbons (Fsp3) is 0.429. The highest BCUT2D eigenvalue weighted by Gasteiger charge is 2.43. The molecule has 0 N–H and O–H groups in total. The van der Waals surface area contributed by atoms with Crippen LogP contribution in [0.25, 0.3) is 0 Å². The van der Waals surface area contributed by atoms with E-state index < -0.39 is 0 Å². The molecular weight excluding hydrogens is 328 g/mol. The number of nitrogens with zero attached hydrogens (tertiary/aromatic N) is 2. The molecule has 0 aliphatic carbocycles. The van der Waals surface area contributed by atoms with Crippen molar-refractivity contribution in [1.29, 1.82) is 0 Å². The number of benzene rings is 2. The van der Waals surface area contributed by atoms with E-state index in [2.05, 4.69) is 29.0 Å². The van der Waals surface area contributed by atoms with Crippen LogP contribution in [0.4, 0.5) is 0 Å². The summed E-state index contributed by atoms with van der Waals surface area (Å²) in [7, 11) is 2.17. The highest BCUT2D eigenvalue weighted by molar-refractivity contribution is 5.48. The minimum atomic E-state index is -0.215. The zero-order chi connectivity index (χ0) is 17.5. The molecule has 5 nitrogen and oxygen atoms in total. The van der Waals surface area contributed by atoms with Crippen LogP contribution in [0.2, 0.25) is 0 Å². The SMILES string of the molecule is CN1CCN(CC2OC3c4ccccc4Oc4ccccc4C3O2)CC1. The molecule has 136 valence electrons. The molecule has 0 spiro atoms. The first-order chi connectivity index (χ1) is 12.8. The number of hydrogen-bond donors (Lipinski definition) is 0. The molecule has 26 heavy (non-hydrogen) atoms. The van der Waals surface area contributed by atoms with Crippen molar-refractivity contribution in [2.24, 2.45) is 0 Å². The second kappa shape index (κ2) is 6.67. The summed E-state index contributed by atoms with van der Waals surface area (Å²) in [5.74, 6) is 1.72. The Hall–Kier alpha value is -1.92. The molecule has 0 saturated carbocycles. The molecule has 0 radical (unpaired) electrons. The topological polar surface area (TPSA) is 34.2 Å². The lowest BCUT2D eigenvalue weighted by Gasteiger charge is -2.33. The van der Waals surface area contributed by atoms with E-state index in [1.165, 1.54) is 0 Å². The third kappa shape index (κ3) is 2.91. The number of fused-ring (bicyclic) bond motifs is 5. The van der Waals surface area contributed by atoms with E-state index in [0.717, 1.165) is 55.3 Å². The molecule has 5 rings (SSSR count). The lowest BCUT2D eigenvalue weighted by Crippen LogP contribution is -2.47. The van der Waals surface area contributed by atoms with Crippen LogP contribution in [0, 0.1) is 0 Å². The molecule has 2 unspecified atom stereocenters. The fourth-order valence-electron chi connectivity index (χ4n) is 4.04. The standard InChI is InChI=1S/C21H24N2O3/c1-22-10-12-23(13-11-22)14-19-25-20-15-6-2-4-8-17(15)24-18-9-5-3-7-16(18)21(20)26-19/h2-9,19-21H,10-14H2,1H3. The first-order valence-electron chi connectivity index (χ1n) is 9.35. The van der Waals surface area contributed by atoms with Crippen LogP contribution >= 0.6 is 0 Å². The Morgan fingerprint density at radius 1 is 0.808 bits per heavy atom. The van der Waals surface area contributed by atoms with Gasteiger partial charge in [0.2, 0.25) is 0 Å². The summed E-state index contributed by atoms with van der Waals surface area (Å²) < 4.78 is 19.0. The molecule has 3 aliphatic rings. The van der Waals surface area contributed by atoms with E-state index >= 15 is 0 Å². The highest BCUT2D eigenvalue weighted by atomic mass is 16.7. The van der Waals surface area contributed by atoms with Gasteiger partial charge in [-0.15, -0.1) is 0 Å². The minimum absolute atomic E-state index is 0.132. The summed E-state index contributed by atoms with van der Waals surface area (Å²) in [5, 5.41) is 0. The van der Waals surface area contributed by atoms with Gasteiger partial charge < -0.3 is 19.1 Å². The quantitative estimate of drug-likeness (QED) is 0.829. The van der Waals surface area contributed by atoms with Gasteiger partial charge in [0.05, 0.1) is 0 Å². The first-order valence-corrected chi connectivity index (χ1v) is 9.35. The number of para-hydroxylation sites is 2. The molecule has 2 saturated heterocycles. The lowest BCUT2D eigenvalue weighted by atomic mass is 9.99. The second-order valence-corrected chi connectivity index (χ2v) is 7.32. The van der Waals surface area contributed by atoms with Gasteiger partial charge in [0.25, 0.3) is 0 Å². The lowest BCUT2D eigenvalue weighted by molar-refractivity contribution is -0.0883. The smallest absolute Gasteiger partial charge is 0.172 e. The minimum Gasteiger partial charge on any atom is -0.457 e. The number of rotatable bonds is 2. The summed E-state index contributed by atoms with van der Waals surface area (Å²) in [6, 6.07) is 16.2. The summed E-state index contributed by atoms with van der Waals surface area (Å²) in [5.41, 5.74) is 2.13. The van der Waals surface area contributed by atoms with E-state index in [-0.39, 0.29) is 18.5 Å². The van der Waals surface area contributed by atoms with Crippen LogP contribution in [0.5, 0.6) is 11.5 Å². The van der Waals surface area contributed by atoms with Crippen LogP contribution < -0.4 is 4.74 Å². The van der Waals surface area contributed by atoms with E-state index in [9.17, 15) is 0 Å². The maximum atomic E-state index is 6.40. The van der Waals surface area contributed by atoms with Crippen molar-refractivity contribution >= 4 is 0 Å². The molecule has 5 heteroatoms. The van der Waals surface area contributed by atoms with E-state index in [4.69, 9.17) is 14.2 Å². The van der Waals surface area contributed by atoms with Crippen molar-refractivity contribution in [2.75, 3.05) is 39.8 Å². The first kappa shape index (κ1) is 16.3. The van der Waals surface area contributed by atoms with E-state index in [1.807, 2.05) is 36.4 Å². The predicted molar refractivity (Wildman–Crippen MR) is 98.3 cm³/mol.